The van der Waals surface area contributed by atoms with Crippen LogP contribution in [-0.4, -0.2) is 4.98 Å². The Kier molecular flexibility index (Phi) is 3.65. The normalized spacial score (nSPS) is 10.7. The molecule has 2 rings (SSSR count). The van der Waals surface area contributed by atoms with Gasteiger partial charge in [-0.1, -0.05) is 15.9 Å². The van der Waals surface area contributed by atoms with Crippen LogP contribution < -0.4 is 4.74 Å². The number of nitrogens with zero attached hydrogens (tertiary/aromatic N) is 1. The standard InChI is InChI=1S/C12H10BrF2NO2/c1-6-7(2)18-11(16-6)5-17-10-4-8(13)3-9(14)12(10)15/h3-4H,5H2,1-2H3. The lowest BCUT2D eigenvalue weighted by Crippen LogP contribution is -1.99. The molecule has 1 heterocycles. The third kappa shape index (κ3) is 2.69. The zero-order valence-electron chi connectivity index (χ0n) is 9.76. The van der Waals surface area contributed by atoms with Crippen LogP contribution in [0.25, 0.3) is 0 Å². The second-order valence-electron chi connectivity index (χ2n) is 3.74. The Labute approximate surface area is 111 Å². The molecule has 0 unspecified atom stereocenters. The molecule has 0 aliphatic heterocycles. The predicted molar refractivity (Wildman–Crippen MR) is 64.4 cm³/mol. The molecule has 0 radical (unpaired) electrons. The zero-order chi connectivity index (χ0) is 13.3. The summed E-state index contributed by atoms with van der Waals surface area (Å²) in [6, 6.07) is 2.38. The smallest absolute Gasteiger partial charge is 0.232 e. The van der Waals surface area contributed by atoms with Crippen molar-refractivity contribution in [1.29, 1.82) is 0 Å². The molecule has 2 aromatic rings. The van der Waals surface area contributed by atoms with Gasteiger partial charge < -0.3 is 9.15 Å². The average molecular weight is 318 g/mol. The van der Waals surface area contributed by atoms with E-state index in [0.29, 0.717) is 16.1 Å². The second-order valence-corrected chi connectivity index (χ2v) is 4.65. The Morgan fingerprint density at radius 1 is 1.33 bits per heavy atom. The van der Waals surface area contributed by atoms with Gasteiger partial charge in [-0.05, 0) is 26.0 Å². The van der Waals surface area contributed by atoms with Crippen molar-refractivity contribution in [3.63, 3.8) is 0 Å². The lowest BCUT2D eigenvalue weighted by atomic mass is 10.3. The van der Waals surface area contributed by atoms with Crippen LogP contribution in [0, 0.1) is 25.5 Å². The Bertz CT molecular complexity index is 564. The largest absolute Gasteiger partial charge is 0.481 e. The van der Waals surface area contributed by atoms with Gasteiger partial charge in [0.15, 0.2) is 18.2 Å². The monoisotopic (exact) mass is 317 g/mol. The highest BCUT2D eigenvalue weighted by molar-refractivity contribution is 9.10. The second kappa shape index (κ2) is 5.06. The molecule has 0 saturated carbocycles. The summed E-state index contributed by atoms with van der Waals surface area (Å²) in [4.78, 5) is 4.08. The van der Waals surface area contributed by atoms with Gasteiger partial charge in [-0.25, -0.2) is 9.37 Å². The minimum atomic E-state index is -1.03. The maximum absolute atomic E-state index is 13.4. The molecule has 3 nitrogen and oxygen atoms in total. The zero-order valence-corrected chi connectivity index (χ0v) is 11.3. The maximum atomic E-state index is 13.4. The van der Waals surface area contributed by atoms with Crippen molar-refractivity contribution in [2.75, 3.05) is 0 Å². The summed E-state index contributed by atoms with van der Waals surface area (Å²) in [5.41, 5.74) is 0.745. The van der Waals surface area contributed by atoms with Crippen molar-refractivity contribution >= 4 is 15.9 Å². The van der Waals surface area contributed by atoms with Gasteiger partial charge in [-0.15, -0.1) is 0 Å². The molecule has 0 saturated heterocycles. The molecule has 1 aromatic heterocycles. The Hall–Kier alpha value is -1.43. The molecule has 6 heteroatoms. The topological polar surface area (TPSA) is 35.3 Å². The molecule has 18 heavy (non-hydrogen) atoms. The van der Waals surface area contributed by atoms with Crippen LogP contribution in [0.1, 0.15) is 17.3 Å². The number of halogens is 3. The fourth-order valence-electron chi connectivity index (χ4n) is 1.38. The van der Waals surface area contributed by atoms with E-state index in [-0.39, 0.29) is 12.4 Å². The SMILES string of the molecule is Cc1nc(COc2cc(Br)cc(F)c2F)oc1C. The number of hydrogen-bond donors (Lipinski definition) is 0. The Morgan fingerprint density at radius 2 is 2.06 bits per heavy atom. The number of ether oxygens (including phenoxy) is 1. The average Bonchev–Trinajstić information content (AvgIpc) is 2.61. The van der Waals surface area contributed by atoms with Crippen LogP contribution >= 0.6 is 15.9 Å². The van der Waals surface area contributed by atoms with Crippen LogP contribution in [-0.2, 0) is 6.61 Å². The predicted octanol–water partition coefficient (Wildman–Crippen LogP) is 3.91. The lowest BCUT2D eigenvalue weighted by molar-refractivity contribution is 0.246. The van der Waals surface area contributed by atoms with E-state index in [1.54, 1.807) is 13.8 Å². The van der Waals surface area contributed by atoms with Gasteiger partial charge >= 0.3 is 0 Å². The summed E-state index contributed by atoms with van der Waals surface area (Å²) in [7, 11) is 0. The summed E-state index contributed by atoms with van der Waals surface area (Å²) < 4.78 is 37.3. The van der Waals surface area contributed by atoms with E-state index < -0.39 is 11.6 Å². The first-order chi connectivity index (χ1) is 8.47. The third-order valence-corrected chi connectivity index (χ3v) is 2.84. The molecule has 1 aromatic carbocycles. The van der Waals surface area contributed by atoms with Gasteiger partial charge in [0.1, 0.15) is 5.76 Å². The van der Waals surface area contributed by atoms with E-state index in [1.165, 1.54) is 6.07 Å². The van der Waals surface area contributed by atoms with E-state index in [2.05, 4.69) is 20.9 Å². The molecule has 0 aliphatic rings. The molecule has 0 spiro atoms. The quantitative estimate of drug-likeness (QED) is 0.805. The Balaban J connectivity index is 2.15. The van der Waals surface area contributed by atoms with E-state index in [0.717, 1.165) is 11.8 Å². The molecule has 0 fully saturated rings. The summed E-state index contributed by atoms with van der Waals surface area (Å²) >= 11 is 3.06. The Morgan fingerprint density at radius 3 is 2.67 bits per heavy atom. The summed E-state index contributed by atoms with van der Waals surface area (Å²) in [6.07, 6.45) is 0. The fourth-order valence-corrected chi connectivity index (χ4v) is 1.79. The number of rotatable bonds is 3. The summed E-state index contributed by atoms with van der Waals surface area (Å²) in [5, 5.41) is 0. The van der Waals surface area contributed by atoms with Crippen molar-refractivity contribution in [2.45, 2.75) is 20.5 Å². The van der Waals surface area contributed by atoms with E-state index >= 15 is 0 Å². The summed E-state index contributed by atoms with van der Waals surface area (Å²) in [6.45, 7) is 3.51. The number of benzene rings is 1. The molecule has 0 bridgehead atoms. The van der Waals surface area contributed by atoms with Crippen molar-refractivity contribution < 1.29 is 17.9 Å². The molecule has 0 N–H and O–H groups in total. The van der Waals surface area contributed by atoms with Crippen LogP contribution in [0.3, 0.4) is 0 Å². The molecule has 0 atom stereocenters. The minimum absolute atomic E-state index is 0.0541. The number of oxazole rings is 1. The van der Waals surface area contributed by atoms with Crippen molar-refractivity contribution in [1.82, 2.24) is 4.98 Å². The molecule has 0 aliphatic carbocycles. The number of hydrogen-bond acceptors (Lipinski definition) is 3. The van der Waals surface area contributed by atoms with Gasteiger partial charge in [0.05, 0.1) is 5.69 Å². The van der Waals surface area contributed by atoms with Crippen molar-refractivity contribution in [3.05, 3.63) is 45.6 Å². The van der Waals surface area contributed by atoms with E-state index in [4.69, 9.17) is 9.15 Å². The number of aromatic nitrogens is 1. The highest BCUT2D eigenvalue weighted by atomic mass is 79.9. The molecular formula is C12H10BrF2NO2. The molecule has 96 valence electrons. The van der Waals surface area contributed by atoms with E-state index in [9.17, 15) is 8.78 Å². The van der Waals surface area contributed by atoms with Crippen LogP contribution in [0.2, 0.25) is 0 Å². The first kappa shape index (κ1) is 13.0. The van der Waals surface area contributed by atoms with Crippen molar-refractivity contribution in [2.24, 2.45) is 0 Å². The minimum Gasteiger partial charge on any atom is -0.481 e. The molecular weight excluding hydrogens is 308 g/mol. The molecule has 0 amide bonds. The van der Waals surface area contributed by atoms with Crippen LogP contribution in [0.4, 0.5) is 8.78 Å². The van der Waals surface area contributed by atoms with Gasteiger partial charge in [0.25, 0.3) is 0 Å². The fraction of sp³-hybridized carbons (Fsp3) is 0.250. The number of aryl methyl sites for hydroxylation is 2. The van der Waals surface area contributed by atoms with E-state index in [1.807, 2.05) is 0 Å². The maximum Gasteiger partial charge on any atom is 0.232 e. The van der Waals surface area contributed by atoms with Crippen molar-refractivity contribution in [3.8, 4) is 5.75 Å². The van der Waals surface area contributed by atoms with Gasteiger partial charge in [0, 0.05) is 4.47 Å². The first-order valence-corrected chi connectivity index (χ1v) is 5.97. The first-order valence-electron chi connectivity index (χ1n) is 5.17. The van der Waals surface area contributed by atoms with Crippen LogP contribution in [0.15, 0.2) is 21.0 Å². The third-order valence-electron chi connectivity index (χ3n) is 2.38. The highest BCUT2D eigenvalue weighted by Crippen LogP contribution is 2.26. The van der Waals surface area contributed by atoms with Gasteiger partial charge in [-0.2, -0.15) is 4.39 Å². The highest BCUT2D eigenvalue weighted by Gasteiger charge is 2.13. The van der Waals surface area contributed by atoms with Gasteiger partial charge in [-0.3, -0.25) is 0 Å². The lowest BCUT2D eigenvalue weighted by Gasteiger charge is -2.06. The summed E-state index contributed by atoms with van der Waals surface area (Å²) in [5.74, 6) is -1.19. The van der Waals surface area contributed by atoms with Crippen LogP contribution in [0.5, 0.6) is 5.75 Å². The van der Waals surface area contributed by atoms with Gasteiger partial charge in [0.2, 0.25) is 11.7 Å².